The summed E-state index contributed by atoms with van der Waals surface area (Å²) >= 11 is 0. The van der Waals surface area contributed by atoms with Gasteiger partial charge in [0, 0.05) is 37.9 Å². The molecule has 5 nitrogen and oxygen atoms in total. The zero-order chi connectivity index (χ0) is 16.4. The van der Waals surface area contributed by atoms with Crippen LogP contribution in [0.15, 0.2) is 36.5 Å². The van der Waals surface area contributed by atoms with Gasteiger partial charge in [-0.1, -0.05) is 29.8 Å². The first-order valence-corrected chi connectivity index (χ1v) is 8.15. The van der Waals surface area contributed by atoms with Crippen LogP contribution in [0.4, 0.5) is 0 Å². The standard InChI is InChI=1S/C18H24N4O/c1-13-3-5-15(6-4-13)17(19)18(23)22-11-8-14(9-12-22)16-7-10-20-21(16)2/h3-7,10,14,17H,8-9,11-12,19H2,1-2H3. The average molecular weight is 312 g/mol. The van der Waals surface area contributed by atoms with Crippen molar-refractivity contribution in [3.63, 3.8) is 0 Å². The minimum atomic E-state index is -0.566. The first-order valence-electron chi connectivity index (χ1n) is 8.15. The van der Waals surface area contributed by atoms with Gasteiger partial charge >= 0.3 is 0 Å². The molecule has 1 aliphatic heterocycles. The predicted octanol–water partition coefficient (Wildman–Crippen LogP) is 2.13. The highest BCUT2D eigenvalue weighted by molar-refractivity contribution is 5.83. The molecule has 2 N–H and O–H groups in total. The van der Waals surface area contributed by atoms with E-state index in [1.54, 1.807) is 0 Å². The molecule has 0 radical (unpaired) electrons. The fourth-order valence-corrected chi connectivity index (χ4v) is 3.29. The smallest absolute Gasteiger partial charge is 0.244 e. The highest BCUT2D eigenvalue weighted by Crippen LogP contribution is 2.28. The summed E-state index contributed by atoms with van der Waals surface area (Å²) < 4.78 is 1.93. The number of carbonyl (C=O) groups is 1. The Bertz CT molecular complexity index is 669. The van der Waals surface area contributed by atoms with Crippen LogP contribution >= 0.6 is 0 Å². The van der Waals surface area contributed by atoms with Crippen molar-refractivity contribution in [2.75, 3.05) is 13.1 Å². The third-order valence-corrected chi connectivity index (χ3v) is 4.79. The molecule has 0 spiro atoms. The minimum Gasteiger partial charge on any atom is -0.341 e. The lowest BCUT2D eigenvalue weighted by Gasteiger charge is -2.33. The fourth-order valence-electron chi connectivity index (χ4n) is 3.29. The molecule has 23 heavy (non-hydrogen) atoms. The van der Waals surface area contributed by atoms with Gasteiger partial charge < -0.3 is 10.6 Å². The van der Waals surface area contributed by atoms with Gasteiger partial charge in [-0.05, 0) is 31.4 Å². The van der Waals surface area contributed by atoms with Gasteiger partial charge in [0.05, 0.1) is 0 Å². The van der Waals surface area contributed by atoms with E-state index < -0.39 is 6.04 Å². The molecular formula is C18H24N4O. The molecule has 1 unspecified atom stereocenters. The van der Waals surface area contributed by atoms with Crippen molar-refractivity contribution >= 4 is 5.91 Å². The van der Waals surface area contributed by atoms with Crippen LogP contribution < -0.4 is 5.73 Å². The van der Waals surface area contributed by atoms with E-state index >= 15 is 0 Å². The molecule has 2 aromatic rings. The molecule has 0 bridgehead atoms. The largest absolute Gasteiger partial charge is 0.341 e. The van der Waals surface area contributed by atoms with Gasteiger partial charge in [0.2, 0.25) is 5.91 Å². The van der Waals surface area contributed by atoms with E-state index in [9.17, 15) is 4.79 Å². The van der Waals surface area contributed by atoms with E-state index in [1.165, 1.54) is 11.3 Å². The lowest BCUT2D eigenvalue weighted by molar-refractivity contribution is -0.133. The van der Waals surface area contributed by atoms with E-state index in [0.29, 0.717) is 5.92 Å². The van der Waals surface area contributed by atoms with Crippen molar-refractivity contribution in [3.05, 3.63) is 53.3 Å². The van der Waals surface area contributed by atoms with E-state index in [4.69, 9.17) is 5.73 Å². The summed E-state index contributed by atoms with van der Waals surface area (Å²) in [4.78, 5) is 14.5. The molecule has 1 atom stereocenters. The molecule has 0 aliphatic carbocycles. The molecule has 1 fully saturated rings. The van der Waals surface area contributed by atoms with Crippen LogP contribution in [0.25, 0.3) is 0 Å². The molecule has 2 heterocycles. The molecule has 1 aromatic heterocycles. The number of nitrogens with zero attached hydrogens (tertiary/aromatic N) is 3. The van der Waals surface area contributed by atoms with Crippen LogP contribution in [0.1, 0.15) is 41.6 Å². The maximum atomic E-state index is 12.6. The van der Waals surface area contributed by atoms with Crippen molar-refractivity contribution in [1.29, 1.82) is 0 Å². The number of piperidine rings is 1. The van der Waals surface area contributed by atoms with Gasteiger partial charge in [-0.2, -0.15) is 5.10 Å². The van der Waals surface area contributed by atoms with Crippen LogP contribution in [0, 0.1) is 6.92 Å². The normalized spacial score (nSPS) is 17.3. The number of nitrogens with two attached hydrogens (primary N) is 1. The van der Waals surface area contributed by atoms with Gasteiger partial charge in [0.25, 0.3) is 0 Å². The summed E-state index contributed by atoms with van der Waals surface area (Å²) in [6, 6.07) is 9.39. The highest BCUT2D eigenvalue weighted by atomic mass is 16.2. The molecule has 1 aliphatic rings. The first kappa shape index (κ1) is 15.7. The Morgan fingerprint density at radius 3 is 2.43 bits per heavy atom. The van der Waals surface area contributed by atoms with E-state index in [0.717, 1.165) is 31.5 Å². The number of amides is 1. The number of likely N-dealkylation sites (tertiary alicyclic amines) is 1. The number of hydrogen-bond donors (Lipinski definition) is 1. The monoisotopic (exact) mass is 312 g/mol. The van der Waals surface area contributed by atoms with Crippen molar-refractivity contribution in [2.45, 2.75) is 31.7 Å². The van der Waals surface area contributed by atoms with Crippen molar-refractivity contribution in [1.82, 2.24) is 14.7 Å². The maximum absolute atomic E-state index is 12.6. The molecule has 0 saturated carbocycles. The van der Waals surface area contributed by atoms with Crippen LogP contribution in [0.5, 0.6) is 0 Å². The molecular weight excluding hydrogens is 288 g/mol. The van der Waals surface area contributed by atoms with E-state index in [1.807, 2.05) is 54.0 Å². The summed E-state index contributed by atoms with van der Waals surface area (Å²) in [5, 5.41) is 4.24. The molecule has 3 rings (SSSR count). The van der Waals surface area contributed by atoms with Crippen LogP contribution in [-0.2, 0) is 11.8 Å². The average Bonchev–Trinajstić information content (AvgIpc) is 3.00. The molecule has 1 aromatic carbocycles. The number of hydrogen-bond acceptors (Lipinski definition) is 3. The van der Waals surface area contributed by atoms with Crippen LogP contribution in [0.2, 0.25) is 0 Å². The number of aromatic nitrogens is 2. The molecule has 5 heteroatoms. The van der Waals surface area contributed by atoms with Crippen molar-refractivity contribution in [3.8, 4) is 0 Å². The Kier molecular flexibility index (Phi) is 4.48. The fraction of sp³-hybridized carbons (Fsp3) is 0.444. The zero-order valence-electron chi connectivity index (χ0n) is 13.8. The lowest BCUT2D eigenvalue weighted by atomic mass is 9.92. The summed E-state index contributed by atoms with van der Waals surface area (Å²) in [5.41, 5.74) is 9.47. The quantitative estimate of drug-likeness (QED) is 0.944. The van der Waals surface area contributed by atoms with Crippen molar-refractivity contribution in [2.24, 2.45) is 12.8 Å². The summed E-state index contributed by atoms with van der Waals surface area (Å²) in [6.45, 7) is 3.54. The SMILES string of the molecule is Cc1ccc(C(N)C(=O)N2CCC(c3ccnn3C)CC2)cc1. The Morgan fingerprint density at radius 1 is 1.22 bits per heavy atom. The highest BCUT2D eigenvalue weighted by Gasteiger charge is 2.28. The Labute approximate surface area is 137 Å². The minimum absolute atomic E-state index is 0.0253. The molecule has 1 saturated heterocycles. The van der Waals surface area contributed by atoms with E-state index in [-0.39, 0.29) is 5.91 Å². The molecule has 122 valence electrons. The van der Waals surface area contributed by atoms with Gasteiger partial charge in [0.15, 0.2) is 0 Å². The topological polar surface area (TPSA) is 64.2 Å². The Morgan fingerprint density at radius 2 is 1.87 bits per heavy atom. The summed E-state index contributed by atoms with van der Waals surface area (Å²) in [5.74, 6) is 0.499. The van der Waals surface area contributed by atoms with Gasteiger partial charge in [-0.25, -0.2) is 0 Å². The first-order chi connectivity index (χ1) is 11.1. The van der Waals surface area contributed by atoms with E-state index in [2.05, 4.69) is 11.2 Å². The van der Waals surface area contributed by atoms with Crippen LogP contribution in [0.3, 0.4) is 0 Å². The third-order valence-electron chi connectivity index (χ3n) is 4.79. The molecule has 1 amide bonds. The van der Waals surface area contributed by atoms with Crippen molar-refractivity contribution < 1.29 is 4.79 Å². The number of benzene rings is 1. The number of rotatable bonds is 3. The van der Waals surface area contributed by atoms with Gasteiger partial charge in [-0.15, -0.1) is 0 Å². The van der Waals surface area contributed by atoms with Gasteiger partial charge in [0.1, 0.15) is 6.04 Å². The second-order valence-electron chi connectivity index (χ2n) is 6.37. The second-order valence-corrected chi connectivity index (χ2v) is 6.37. The Balaban J connectivity index is 1.62. The Hall–Kier alpha value is -2.14. The lowest BCUT2D eigenvalue weighted by Crippen LogP contribution is -2.43. The van der Waals surface area contributed by atoms with Crippen LogP contribution in [-0.4, -0.2) is 33.7 Å². The third kappa shape index (κ3) is 3.29. The number of carbonyl (C=O) groups excluding carboxylic acids is 1. The maximum Gasteiger partial charge on any atom is 0.244 e. The summed E-state index contributed by atoms with van der Waals surface area (Å²) in [7, 11) is 1.97. The van der Waals surface area contributed by atoms with Gasteiger partial charge in [-0.3, -0.25) is 9.48 Å². The zero-order valence-corrected chi connectivity index (χ0v) is 13.8. The second kappa shape index (κ2) is 6.54. The summed E-state index contributed by atoms with van der Waals surface area (Å²) in [6.07, 6.45) is 3.76. The number of aryl methyl sites for hydroxylation is 2. The predicted molar refractivity (Wildman–Crippen MR) is 89.9 cm³/mol.